The van der Waals surface area contributed by atoms with Crippen molar-refractivity contribution in [1.82, 2.24) is 0 Å². The molecule has 7 heteroatoms. The number of carbonyl (C=O) groups excluding carboxylic acids is 3. The van der Waals surface area contributed by atoms with E-state index in [0.29, 0.717) is 16.8 Å². The molecule has 0 amide bonds. The molecular weight excluding hydrogens is 362 g/mol. The molecule has 0 aliphatic rings. The summed E-state index contributed by atoms with van der Waals surface area (Å²) in [6.45, 7) is 1.94. The number of rotatable bonds is 7. The fourth-order valence-electron chi connectivity index (χ4n) is 2.76. The lowest BCUT2D eigenvalue weighted by atomic mass is 9.92. The Bertz CT molecular complexity index is 813. The second-order valence-electron chi connectivity index (χ2n) is 6.13. The van der Waals surface area contributed by atoms with Gasteiger partial charge in [-0.2, -0.15) is 0 Å². The lowest BCUT2D eigenvalue weighted by Crippen LogP contribution is -2.35. The van der Waals surface area contributed by atoms with Gasteiger partial charge in [0, 0.05) is 5.69 Å². The Labute approximate surface area is 163 Å². The van der Waals surface area contributed by atoms with Crippen LogP contribution < -0.4 is 5.32 Å². The molecule has 0 saturated heterocycles. The van der Waals surface area contributed by atoms with E-state index in [1.807, 2.05) is 31.2 Å². The van der Waals surface area contributed by atoms with E-state index in [4.69, 9.17) is 9.47 Å². The van der Waals surface area contributed by atoms with Gasteiger partial charge in [0.25, 0.3) is 0 Å². The summed E-state index contributed by atoms with van der Waals surface area (Å²) in [6.07, 6.45) is 0. The average Bonchev–Trinajstić information content (AvgIpc) is 2.73. The molecule has 1 unspecified atom stereocenters. The fourth-order valence-corrected chi connectivity index (χ4v) is 2.76. The quantitative estimate of drug-likeness (QED) is 0.445. The summed E-state index contributed by atoms with van der Waals surface area (Å²) in [5.74, 6) is -3.09. The summed E-state index contributed by atoms with van der Waals surface area (Å²) in [5.41, 5.74) is 2.74. The number of ether oxygens (including phenoxy) is 3. The number of carbonyl (C=O) groups is 3. The van der Waals surface area contributed by atoms with Gasteiger partial charge in [-0.3, -0.25) is 9.59 Å². The Morgan fingerprint density at radius 3 is 1.79 bits per heavy atom. The highest BCUT2D eigenvalue weighted by Crippen LogP contribution is 2.29. The molecule has 7 nitrogen and oxygen atoms in total. The van der Waals surface area contributed by atoms with Gasteiger partial charge >= 0.3 is 17.9 Å². The van der Waals surface area contributed by atoms with Crippen molar-refractivity contribution in [3.05, 3.63) is 65.2 Å². The van der Waals surface area contributed by atoms with Crippen molar-refractivity contribution in [2.24, 2.45) is 5.92 Å². The molecule has 0 spiro atoms. The average molecular weight is 385 g/mol. The van der Waals surface area contributed by atoms with E-state index in [2.05, 4.69) is 10.1 Å². The number of nitrogens with one attached hydrogen (secondary N) is 1. The minimum atomic E-state index is -1.21. The SMILES string of the molecule is COC(=O)c1ccc(NC(c2ccc(C)cc2)C(C(=O)OC)C(=O)OC)cc1. The minimum Gasteiger partial charge on any atom is -0.468 e. The van der Waals surface area contributed by atoms with E-state index >= 15 is 0 Å². The van der Waals surface area contributed by atoms with E-state index in [1.165, 1.54) is 21.3 Å². The zero-order chi connectivity index (χ0) is 20.7. The Kier molecular flexibility index (Phi) is 7.14. The lowest BCUT2D eigenvalue weighted by molar-refractivity contribution is -0.159. The van der Waals surface area contributed by atoms with Gasteiger partial charge in [-0.05, 0) is 36.8 Å². The zero-order valence-electron chi connectivity index (χ0n) is 16.2. The molecule has 2 rings (SSSR count). The van der Waals surface area contributed by atoms with Crippen molar-refractivity contribution in [2.45, 2.75) is 13.0 Å². The second-order valence-corrected chi connectivity index (χ2v) is 6.13. The topological polar surface area (TPSA) is 90.9 Å². The molecular formula is C21H23NO6. The van der Waals surface area contributed by atoms with Crippen molar-refractivity contribution < 1.29 is 28.6 Å². The maximum absolute atomic E-state index is 12.3. The molecule has 1 atom stereocenters. The summed E-state index contributed by atoms with van der Waals surface area (Å²) in [5, 5.41) is 3.18. The van der Waals surface area contributed by atoms with Crippen LogP contribution in [0.15, 0.2) is 48.5 Å². The van der Waals surface area contributed by atoms with Crippen molar-refractivity contribution in [3.63, 3.8) is 0 Å². The van der Waals surface area contributed by atoms with Gasteiger partial charge in [0.05, 0.1) is 32.9 Å². The zero-order valence-corrected chi connectivity index (χ0v) is 16.2. The summed E-state index contributed by atoms with van der Waals surface area (Å²) < 4.78 is 14.3. The molecule has 0 aromatic heterocycles. The van der Waals surface area contributed by atoms with Gasteiger partial charge in [0.15, 0.2) is 5.92 Å². The smallest absolute Gasteiger partial charge is 0.337 e. The third-order valence-electron chi connectivity index (χ3n) is 4.31. The third kappa shape index (κ3) is 4.88. The highest BCUT2D eigenvalue weighted by Gasteiger charge is 2.38. The predicted molar refractivity (Wildman–Crippen MR) is 103 cm³/mol. The highest BCUT2D eigenvalue weighted by atomic mass is 16.5. The summed E-state index contributed by atoms with van der Waals surface area (Å²) >= 11 is 0. The maximum Gasteiger partial charge on any atom is 0.337 e. The molecule has 2 aromatic carbocycles. The van der Waals surface area contributed by atoms with Crippen molar-refractivity contribution >= 4 is 23.6 Å². The second kappa shape index (κ2) is 9.55. The van der Waals surface area contributed by atoms with Crippen LogP contribution in [-0.2, 0) is 23.8 Å². The number of hydrogen-bond donors (Lipinski definition) is 1. The van der Waals surface area contributed by atoms with Crippen LogP contribution in [0.3, 0.4) is 0 Å². The first-order valence-electron chi connectivity index (χ1n) is 8.58. The molecule has 148 valence electrons. The summed E-state index contributed by atoms with van der Waals surface area (Å²) in [6, 6.07) is 13.2. The third-order valence-corrected chi connectivity index (χ3v) is 4.31. The Balaban J connectivity index is 2.42. The van der Waals surface area contributed by atoms with Crippen LogP contribution in [0.4, 0.5) is 5.69 Å². The minimum absolute atomic E-state index is 0.387. The molecule has 0 fully saturated rings. The van der Waals surface area contributed by atoms with Crippen LogP contribution in [0.5, 0.6) is 0 Å². The van der Waals surface area contributed by atoms with E-state index in [9.17, 15) is 14.4 Å². The van der Waals surface area contributed by atoms with Gasteiger partial charge in [-0.15, -0.1) is 0 Å². The van der Waals surface area contributed by atoms with Crippen LogP contribution in [-0.4, -0.2) is 39.2 Å². The van der Waals surface area contributed by atoms with E-state index in [0.717, 1.165) is 5.56 Å². The first kappa shape index (κ1) is 21.0. The van der Waals surface area contributed by atoms with Gasteiger partial charge in [-0.1, -0.05) is 29.8 Å². The first-order valence-corrected chi connectivity index (χ1v) is 8.58. The predicted octanol–water partition coefficient (Wildman–Crippen LogP) is 2.90. The van der Waals surface area contributed by atoms with Crippen LogP contribution in [0.2, 0.25) is 0 Å². The van der Waals surface area contributed by atoms with Crippen molar-refractivity contribution in [1.29, 1.82) is 0 Å². The normalized spacial score (nSPS) is 11.5. The number of aryl methyl sites for hydroxylation is 1. The molecule has 0 bridgehead atoms. The molecule has 0 radical (unpaired) electrons. The summed E-state index contributed by atoms with van der Waals surface area (Å²) in [4.78, 5) is 36.3. The fraction of sp³-hybridized carbons (Fsp3) is 0.286. The number of anilines is 1. The van der Waals surface area contributed by atoms with Crippen LogP contribution in [0.25, 0.3) is 0 Å². The van der Waals surface area contributed by atoms with E-state index in [1.54, 1.807) is 24.3 Å². The van der Waals surface area contributed by atoms with Gasteiger partial charge in [0.2, 0.25) is 0 Å². The standard InChI is InChI=1S/C21H23NO6/c1-13-5-7-14(8-6-13)18(17(20(24)27-3)21(25)28-4)22-16-11-9-15(10-12-16)19(23)26-2/h5-12,17-18,22H,1-4H3. The number of benzene rings is 2. The van der Waals surface area contributed by atoms with Crippen LogP contribution >= 0.6 is 0 Å². The number of esters is 3. The van der Waals surface area contributed by atoms with Gasteiger partial charge in [-0.25, -0.2) is 4.79 Å². The van der Waals surface area contributed by atoms with E-state index in [-0.39, 0.29) is 0 Å². The molecule has 0 aliphatic heterocycles. The van der Waals surface area contributed by atoms with Crippen LogP contribution in [0, 0.1) is 12.8 Å². The molecule has 1 N–H and O–H groups in total. The molecule has 0 heterocycles. The number of methoxy groups -OCH3 is 3. The largest absolute Gasteiger partial charge is 0.468 e. The monoisotopic (exact) mass is 385 g/mol. The van der Waals surface area contributed by atoms with Gasteiger partial charge in [0.1, 0.15) is 0 Å². The molecule has 2 aromatic rings. The highest BCUT2D eigenvalue weighted by molar-refractivity contribution is 5.96. The van der Waals surface area contributed by atoms with Crippen LogP contribution in [0.1, 0.15) is 27.5 Å². The number of hydrogen-bond acceptors (Lipinski definition) is 7. The van der Waals surface area contributed by atoms with Gasteiger partial charge < -0.3 is 19.5 Å². The van der Waals surface area contributed by atoms with E-state index < -0.39 is 29.9 Å². The molecule has 0 aliphatic carbocycles. The lowest BCUT2D eigenvalue weighted by Gasteiger charge is -2.26. The Morgan fingerprint density at radius 1 is 0.786 bits per heavy atom. The first-order chi connectivity index (χ1) is 13.4. The molecule has 0 saturated carbocycles. The maximum atomic E-state index is 12.3. The molecule has 28 heavy (non-hydrogen) atoms. The Morgan fingerprint density at radius 2 is 1.32 bits per heavy atom. The summed E-state index contributed by atoms with van der Waals surface area (Å²) in [7, 11) is 3.74. The van der Waals surface area contributed by atoms with Crippen molar-refractivity contribution in [3.8, 4) is 0 Å². The van der Waals surface area contributed by atoms with Crippen molar-refractivity contribution in [2.75, 3.05) is 26.6 Å². The Hall–Kier alpha value is -3.35.